The summed E-state index contributed by atoms with van der Waals surface area (Å²) in [4.78, 5) is 22.7. The van der Waals surface area contributed by atoms with E-state index in [0.29, 0.717) is 12.2 Å². The average molecular weight is 349 g/mol. The number of rotatable bonds is 5. The van der Waals surface area contributed by atoms with Crippen LogP contribution in [0.25, 0.3) is 0 Å². The number of para-hydroxylation sites is 2. The first-order valence-electron chi connectivity index (χ1n) is 8.73. The summed E-state index contributed by atoms with van der Waals surface area (Å²) in [6.45, 7) is 5.97. The molecule has 1 aliphatic rings. The van der Waals surface area contributed by atoms with Crippen molar-refractivity contribution < 1.29 is 14.5 Å². The minimum absolute atomic E-state index is 0.0759. The van der Waals surface area contributed by atoms with Crippen LogP contribution in [0, 0.1) is 16.0 Å². The molecule has 25 heavy (non-hydrogen) atoms. The van der Waals surface area contributed by atoms with E-state index in [2.05, 4.69) is 10.6 Å². The van der Waals surface area contributed by atoms with Gasteiger partial charge in [-0.05, 0) is 45.6 Å². The number of alkyl carbamates (subject to hydrolysis) is 1. The molecule has 0 heterocycles. The Labute approximate surface area is 148 Å². The van der Waals surface area contributed by atoms with Crippen LogP contribution < -0.4 is 10.6 Å². The highest BCUT2D eigenvalue weighted by atomic mass is 16.6. The van der Waals surface area contributed by atoms with Crippen LogP contribution in [0.4, 0.5) is 16.2 Å². The third-order valence-corrected chi connectivity index (χ3v) is 4.26. The van der Waals surface area contributed by atoms with E-state index in [1.54, 1.807) is 18.2 Å². The number of hydrogen-bond acceptors (Lipinski definition) is 5. The number of carbonyl (C=O) groups excluding carboxylic acids is 1. The molecule has 1 aliphatic carbocycles. The highest BCUT2D eigenvalue weighted by Gasteiger charge is 2.28. The lowest BCUT2D eigenvalue weighted by Crippen LogP contribution is -2.42. The van der Waals surface area contributed by atoms with Gasteiger partial charge < -0.3 is 15.4 Å². The van der Waals surface area contributed by atoms with E-state index < -0.39 is 11.7 Å². The fourth-order valence-electron chi connectivity index (χ4n) is 3.13. The summed E-state index contributed by atoms with van der Waals surface area (Å²) in [5, 5.41) is 17.3. The first-order valence-corrected chi connectivity index (χ1v) is 8.73. The van der Waals surface area contributed by atoms with Crippen LogP contribution in [0.2, 0.25) is 0 Å². The zero-order valence-corrected chi connectivity index (χ0v) is 15.1. The monoisotopic (exact) mass is 349 g/mol. The fourth-order valence-corrected chi connectivity index (χ4v) is 3.13. The maximum Gasteiger partial charge on any atom is 0.407 e. The van der Waals surface area contributed by atoms with Gasteiger partial charge in [-0.3, -0.25) is 10.1 Å². The molecule has 1 aromatic rings. The molecule has 1 aromatic carbocycles. The van der Waals surface area contributed by atoms with Crippen molar-refractivity contribution in [3.63, 3.8) is 0 Å². The lowest BCUT2D eigenvalue weighted by molar-refractivity contribution is -0.384. The third-order valence-electron chi connectivity index (χ3n) is 4.26. The van der Waals surface area contributed by atoms with Gasteiger partial charge in [0.25, 0.3) is 5.69 Å². The number of nitrogens with zero attached hydrogens (tertiary/aromatic N) is 1. The van der Waals surface area contributed by atoms with Crippen molar-refractivity contribution >= 4 is 17.5 Å². The Morgan fingerprint density at radius 3 is 2.64 bits per heavy atom. The minimum Gasteiger partial charge on any atom is -0.444 e. The molecular formula is C18H27N3O4. The largest absolute Gasteiger partial charge is 0.444 e. The minimum atomic E-state index is -0.529. The van der Waals surface area contributed by atoms with E-state index >= 15 is 0 Å². The zero-order chi connectivity index (χ0) is 18.4. The number of anilines is 1. The van der Waals surface area contributed by atoms with Crippen molar-refractivity contribution in [1.82, 2.24) is 5.32 Å². The summed E-state index contributed by atoms with van der Waals surface area (Å²) in [5.74, 6) is 0.209. The van der Waals surface area contributed by atoms with Crippen molar-refractivity contribution in [2.45, 2.75) is 58.1 Å². The second-order valence-electron chi connectivity index (χ2n) is 7.45. The number of benzene rings is 1. The second-order valence-corrected chi connectivity index (χ2v) is 7.45. The summed E-state index contributed by atoms with van der Waals surface area (Å²) in [5.41, 5.74) is 0.0764. The zero-order valence-electron chi connectivity index (χ0n) is 15.1. The SMILES string of the molecule is CC(C)(C)OC(=O)NCC1CCCCC1Nc1ccccc1[N+](=O)[O-]. The number of carbonyl (C=O) groups is 1. The maximum atomic E-state index is 11.9. The summed E-state index contributed by atoms with van der Waals surface area (Å²) in [7, 11) is 0. The Bertz CT molecular complexity index is 613. The molecule has 0 radical (unpaired) electrons. The van der Waals surface area contributed by atoms with Crippen LogP contribution >= 0.6 is 0 Å². The Kier molecular flexibility index (Phi) is 6.22. The van der Waals surface area contributed by atoms with E-state index in [0.717, 1.165) is 25.7 Å². The van der Waals surface area contributed by atoms with Crippen molar-refractivity contribution in [2.24, 2.45) is 5.92 Å². The Hall–Kier alpha value is -2.31. The van der Waals surface area contributed by atoms with E-state index in [1.165, 1.54) is 6.07 Å². The van der Waals surface area contributed by atoms with E-state index in [1.807, 2.05) is 20.8 Å². The third kappa shape index (κ3) is 5.92. The highest BCUT2D eigenvalue weighted by molar-refractivity contribution is 5.67. The number of amides is 1. The smallest absolute Gasteiger partial charge is 0.407 e. The fraction of sp³-hybridized carbons (Fsp3) is 0.611. The number of nitro groups is 1. The van der Waals surface area contributed by atoms with E-state index in [-0.39, 0.29) is 22.6 Å². The summed E-state index contributed by atoms with van der Waals surface area (Å²) < 4.78 is 5.27. The van der Waals surface area contributed by atoms with Crippen LogP contribution in [0.15, 0.2) is 24.3 Å². The van der Waals surface area contributed by atoms with Gasteiger partial charge in [0.15, 0.2) is 0 Å². The van der Waals surface area contributed by atoms with Gasteiger partial charge in [-0.2, -0.15) is 0 Å². The van der Waals surface area contributed by atoms with Crippen LogP contribution in [0.3, 0.4) is 0 Å². The highest BCUT2D eigenvalue weighted by Crippen LogP contribution is 2.30. The normalized spacial score (nSPS) is 20.6. The van der Waals surface area contributed by atoms with Crippen molar-refractivity contribution in [1.29, 1.82) is 0 Å². The molecule has 2 N–H and O–H groups in total. The predicted octanol–water partition coefficient (Wildman–Crippen LogP) is 4.09. The van der Waals surface area contributed by atoms with E-state index in [9.17, 15) is 14.9 Å². The summed E-state index contributed by atoms with van der Waals surface area (Å²) in [6.07, 6.45) is 3.63. The molecule has 2 atom stereocenters. The molecule has 1 amide bonds. The number of ether oxygens (including phenoxy) is 1. The Morgan fingerprint density at radius 2 is 1.96 bits per heavy atom. The van der Waals surface area contributed by atoms with Gasteiger partial charge in [0.1, 0.15) is 11.3 Å². The molecule has 1 fully saturated rings. The van der Waals surface area contributed by atoms with Gasteiger partial charge in [-0.1, -0.05) is 25.0 Å². The molecular weight excluding hydrogens is 322 g/mol. The predicted molar refractivity (Wildman–Crippen MR) is 96.7 cm³/mol. The molecule has 138 valence electrons. The molecule has 0 bridgehead atoms. The van der Waals surface area contributed by atoms with Crippen molar-refractivity contribution in [3.8, 4) is 0 Å². The molecule has 2 rings (SSSR count). The first-order chi connectivity index (χ1) is 11.8. The quantitative estimate of drug-likeness (QED) is 0.617. The van der Waals surface area contributed by atoms with Crippen LogP contribution in [0.1, 0.15) is 46.5 Å². The molecule has 0 aromatic heterocycles. The van der Waals surface area contributed by atoms with Gasteiger partial charge in [0, 0.05) is 18.7 Å². The summed E-state index contributed by atoms with van der Waals surface area (Å²) >= 11 is 0. The molecule has 0 aliphatic heterocycles. The van der Waals surface area contributed by atoms with Gasteiger partial charge in [-0.25, -0.2) is 4.79 Å². The number of hydrogen-bond donors (Lipinski definition) is 2. The topological polar surface area (TPSA) is 93.5 Å². The average Bonchev–Trinajstić information content (AvgIpc) is 2.53. The van der Waals surface area contributed by atoms with E-state index in [4.69, 9.17) is 4.74 Å². The molecule has 0 saturated heterocycles. The van der Waals surface area contributed by atoms with Crippen molar-refractivity contribution in [3.05, 3.63) is 34.4 Å². The van der Waals surface area contributed by atoms with Crippen molar-refractivity contribution in [2.75, 3.05) is 11.9 Å². The maximum absolute atomic E-state index is 11.9. The number of nitro benzene ring substituents is 1. The Morgan fingerprint density at radius 1 is 1.28 bits per heavy atom. The molecule has 1 saturated carbocycles. The summed E-state index contributed by atoms with van der Waals surface area (Å²) in [6, 6.07) is 6.76. The lowest BCUT2D eigenvalue weighted by atomic mass is 9.84. The molecule has 0 spiro atoms. The first kappa shape index (κ1) is 19.0. The van der Waals surface area contributed by atoms with Crippen LogP contribution in [-0.2, 0) is 4.74 Å². The lowest BCUT2D eigenvalue weighted by Gasteiger charge is -2.33. The molecule has 7 heteroatoms. The van der Waals surface area contributed by atoms with Crippen LogP contribution in [-0.4, -0.2) is 29.2 Å². The number of nitrogens with one attached hydrogen (secondary N) is 2. The van der Waals surface area contributed by atoms with Gasteiger partial charge >= 0.3 is 6.09 Å². The molecule has 7 nitrogen and oxygen atoms in total. The standard InChI is InChI=1S/C18H27N3O4/c1-18(2,3)25-17(22)19-12-13-8-4-5-9-14(13)20-15-10-6-7-11-16(15)21(23)24/h6-7,10-11,13-14,20H,4-5,8-9,12H2,1-3H3,(H,19,22). The second kappa shape index (κ2) is 8.18. The Balaban J connectivity index is 1.99. The van der Waals surface area contributed by atoms with Gasteiger partial charge in [0.05, 0.1) is 4.92 Å². The van der Waals surface area contributed by atoms with Crippen LogP contribution in [0.5, 0.6) is 0 Å². The van der Waals surface area contributed by atoms with Gasteiger partial charge in [-0.15, -0.1) is 0 Å². The van der Waals surface area contributed by atoms with Gasteiger partial charge in [0.2, 0.25) is 0 Å². The molecule has 2 unspecified atom stereocenters.